The van der Waals surface area contributed by atoms with E-state index in [1.807, 2.05) is 30.3 Å². The highest BCUT2D eigenvalue weighted by atomic mass is 19.3. The van der Waals surface area contributed by atoms with Gasteiger partial charge in [0.05, 0.1) is 6.42 Å². The number of nitrogens with one attached hydrogen (secondary N) is 1. The second-order valence-electron chi connectivity index (χ2n) is 2.49. The highest BCUT2D eigenvalue weighted by molar-refractivity contribution is 5.69. The first-order valence-corrected chi connectivity index (χ1v) is 3.93. The Balaban J connectivity index is 2.24. The molecule has 1 aromatic carbocycles. The Kier molecular flexibility index (Phi) is 3.75. The smallest absolute Gasteiger partial charge is 0.350 e. The molecule has 0 saturated carbocycles. The van der Waals surface area contributed by atoms with Crippen molar-refractivity contribution in [1.29, 1.82) is 0 Å². The summed E-state index contributed by atoms with van der Waals surface area (Å²) in [6.07, 6.45) is 0.0192. The highest BCUT2D eigenvalue weighted by Crippen LogP contribution is 2.04. The normalized spacial score (nSPS) is 9.31. The zero-order chi connectivity index (χ0) is 9.52. The second-order valence-corrected chi connectivity index (χ2v) is 2.49. The summed E-state index contributed by atoms with van der Waals surface area (Å²) in [6, 6.07) is 9.36. The quantitative estimate of drug-likeness (QED) is 0.774. The van der Waals surface area contributed by atoms with Gasteiger partial charge in [-0.3, -0.25) is 4.94 Å². The Labute approximate surface area is 75.4 Å². The van der Waals surface area contributed by atoms with Crippen LogP contribution in [0.2, 0.25) is 0 Å². The van der Waals surface area contributed by atoms with Crippen LogP contribution in [0.25, 0.3) is 0 Å². The van der Waals surface area contributed by atoms with Gasteiger partial charge in [0, 0.05) is 16.8 Å². The third kappa shape index (κ3) is 3.55. The van der Waals surface area contributed by atoms with Gasteiger partial charge in [0.15, 0.2) is 0 Å². The topological polar surface area (TPSA) is 38.3 Å². The van der Waals surface area contributed by atoms with Crippen molar-refractivity contribution in [3.05, 3.63) is 30.3 Å². The summed E-state index contributed by atoms with van der Waals surface area (Å²) in [5.41, 5.74) is 0.897. The number of hydrogen-bond acceptors (Lipinski definition) is 3. The van der Waals surface area contributed by atoms with Gasteiger partial charge in [0.1, 0.15) is 0 Å². The number of hydrogen-bond donors (Lipinski definition) is 1. The molecule has 0 atom stereocenters. The van der Waals surface area contributed by atoms with Crippen molar-refractivity contribution in [1.82, 2.24) is 0 Å². The maximum atomic E-state index is 11.2. The van der Waals surface area contributed by atoms with Crippen LogP contribution in [0.15, 0.2) is 30.3 Å². The van der Waals surface area contributed by atoms with E-state index in [0.717, 1.165) is 5.69 Å². The lowest BCUT2D eigenvalue weighted by atomic mass is 10.3. The first-order valence-electron chi connectivity index (χ1n) is 3.93. The molecule has 3 nitrogen and oxygen atoms in total. The van der Waals surface area contributed by atoms with Crippen LogP contribution >= 0.6 is 0 Å². The highest BCUT2D eigenvalue weighted by Gasteiger charge is 2.01. The second kappa shape index (κ2) is 5.13. The standard InChI is InChI=1S/C9H10FNO2/c10-13-9(12)6-7-11-8-4-2-1-3-5-8/h1-5,11H,6-7H2. The van der Waals surface area contributed by atoms with Gasteiger partial charge in [0.25, 0.3) is 0 Å². The summed E-state index contributed by atoms with van der Waals surface area (Å²) >= 11 is 0. The number of para-hydroxylation sites is 1. The molecule has 0 spiro atoms. The summed E-state index contributed by atoms with van der Waals surface area (Å²) < 4.78 is 11.2. The van der Waals surface area contributed by atoms with Gasteiger partial charge in [0.2, 0.25) is 0 Å². The number of rotatable bonds is 4. The number of anilines is 1. The maximum absolute atomic E-state index is 11.2. The van der Waals surface area contributed by atoms with Gasteiger partial charge in [-0.2, -0.15) is 0 Å². The predicted molar refractivity (Wildman–Crippen MR) is 46.7 cm³/mol. The molecule has 0 aliphatic carbocycles. The average molecular weight is 183 g/mol. The molecule has 0 fully saturated rings. The van der Waals surface area contributed by atoms with Gasteiger partial charge in [-0.15, -0.1) is 0 Å². The minimum Gasteiger partial charge on any atom is -0.384 e. The van der Waals surface area contributed by atoms with E-state index in [0.29, 0.717) is 6.54 Å². The van der Waals surface area contributed by atoms with Gasteiger partial charge in [-0.05, 0) is 12.1 Å². The molecule has 70 valence electrons. The fourth-order valence-electron chi connectivity index (χ4n) is 0.903. The number of benzene rings is 1. The van der Waals surface area contributed by atoms with E-state index in [4.69, 9.17) is 0 Å². The van der Waals surface area contributed by atoms with E-state index in [1.165, 1.54) is 0 Å². The number of carbonyl (C=O) groups is 1. The molecule has 0 bridgehead atoms. The third-order valence-corrected chi connectivity index (χ3v) is 1.52. The Morgan fingerprint density at radius 2 is 2.08 bits per heavy atom. The molecular weight excluding hydrogens is 173 g/mol. The lowest BCUT2D eigenvalue weighted by Crippen LogP contribution is -2.08. The van der Waals surface area contributed by atoms with Gasteiger partial charge in [-0.25, -0.2) is 4.79 Å². The third-order valence-electron chi connectivity index (χ3n) is 1.52. The van der Waals surface area contributed by atoms with Crippen LogP contribution in [0, 0.1) is 0 Å². The molecule has 13 heavy (non-hydrogen) atoms. The first-order chi connectivity index (χ1) is 6.33. The molecular formula is C9H10FNO2. The van der Waals surface area contributed by atoms with E-state index in [1.54, 1.807) is 0 Å². The molecule has 0 radical (unpaired) electrons. The van der Waals surface area contributed by atoms with Crippen molar-refractivity contribution in [2.24, 2.45) is 0 Å². The van der Waals surface area contributed by atoms with Crippen LogP contribution in [-0.4, -0.2) is 12.5 Å². The molecule has 0 aliphatic heterocycles. The van der Waals surface area contributed by atoms with Crippen LogP contribution in [0.4, 0.5) is 10.2 Å². The van der Waals surface area contributed by atoms with Crippen molar-refractivity contribution in [3.8, 4) is 0 Å². The van der Waals surface area contributed by atoms with E-state index in [9.17, 15) is 9.32 Å². The predicted octanol–water partition coefficient (Wildman–Crippen LogP) is 1.92. The minimum absolute atomic E-state index is 0.0192. The monoisotopic (exact) mass is 183 g/mol. The molecule has 0 aromatic heterocycles. The van der Waals surface area contributed by atoms with Gasteiger partial charge in [-0.1, -0.05) is 18.2 Å². The largest absolute Gasteiger partial charge is 0.384 e. The molecule has 0 heterocycles. The lowest BCUT2D eigenvalue weighted by molar-refractivity contribution is -0.183. The Morgan fingerprint density at radius 3 is 2.69 bits per heavy atom. The minimum atomic E-state index is -0.858. The van der Waals surface area contributed by atoms with Crippen LogP contribution in [0.5, 0.6) is 0 Å². The molecule has 1 rings (SSSR count). The summed E-state index contributed by atoms with van der Waals surface area (Å²) in [6.45, 7) is 0.368. The van der Waals surface area contributed by atoms with E-state index >= 15 is 0 Å². The Hall–Kier alpha value is -1.58. The lowest BCUT2D eigenvalue weighted by Gasteiger charge is -2.02. The Morgan fingerprint density at radius 1 is 1.38 bits per heavy atom. The zero-order valence-corrected chi connectivity index (χ0v) is 7.00. The van der Waals surface area contributed by atoms with Crippen molar-refractivity contribution >= 4 is 11.7 Å². The van der Waals surface area contributed by atoms with Crippen molar-refractivity contribution < 1.29 is 14.3 Å². The molecule has 1 aromatic rings. The number of carbonyl (C=O) groups excluding carboxylic acids is 1. The van der Waals surface area contributed by atoms with Gasteiger partial charge < -0.3 is 5.32 Å². The molecule has 4 heteroatoms. The molecule has 0 amide bonds. The maximum Gasteiger partial charge on any atom is 0.350 e. The molecule has 0 unspecified atom stereocenters. The Bertz CT molecular complexity index is 264. The SMILES string of the molecule is O=C(CCNc1ccccc1)OF. The molecule has 1 N–H and O–H groups in total. The fourth-order valence-corrected chi connectivity index (χ4v) is 0.903. The van der Waals surface area contributed by atoms with Crippen LogP contribution in [-0.2, 0) is 9.74 Å². The van der Waals surface area contributed by atoms with Crippen molar-refractivity contribution in [2.45, 2.75) is 6.42 Å². The summed E-state index contributed by atoms with van der Waals surface area (Å²) in [5.74, 6) is -0.858. The van der Waals surface area contributed by atoms with E-state index < -0.39 is 5.97 Å². The van der Waals surface area contributed by atoms with E-state index in [-0.39, 0.29) is 6.42 Å². The van der Waals surface area contributed by atoms with Crippen LogP contribution < -0.4 is 5.32 Å². The van der Waals surface area contributed by atoms with Crippen LogP contribution in [0.3, 0.4) is 0 Å². The van der Waals surface area contributed by atoms with Crippen molar-refractivity contribution in [3.63, 3.8) is 0 Å². The molecule has 0 saturated heterocycles. The van der Waals surface area contributed by atoms with Crippen molar-refractivity contribution in [2.75, 3.05) is 11.9 Å². The molecule has 0 aliphatic rings. The van der Waals surface area contributed by atoms with E-state index in [2.05, 4.69) is 10.3 Å². The summed E-state index contributed by atoms with van der Waals surface area (Å²) in [7, 11) is 0. The zero-order valence-electron chi connectivity index (χ0n) is 7.00. The summed E-state index contributed by atoms with van der Waals surface area (Å²) in [4.78, 5) is 13.4. The fraction of sp³-hybridized carbons (Fsp3) is 0.222. The van der Waals surface area contributed by atoms with Gasteiger partial charge >= 0.3 is 5.97 Å². The number of halogens is 1. The summed E-state index contributed by atoms with van der Waals surface area (Å²) in [5, 5.41) is 2.94. The van der Waals surface area contributed by atoms with Crippen LogP contribution in [0.1, 0.15) is 6.42 Å². The average Bonchev–Trinajstić information content (AvgIpc) is 2.19. The first kappa shape index (κ1) is 9.51.